The zero-order chi connectivity index (χ0) is 18.0. The Hall–Kier alpha value is -2.03. The van der Waals surface area contributed by atoms with E-state index in [1.165, 1.54) is 6.20 Å². The largest absolute Gasteiger partial charge is 0.477 e. The monoisotopic (exact) mass is 407 g/mol. The molecule has 3 heterocycles. The van der Waals surface area contributed by atoms with E-state index in [1.54, 1.807) is 29.1 Å². The molecular weight excluding hydrogens is 390 g/mol. The van der Waals surface area contributed by atoms with Crippen molar-refractivity contribution >= 4 is 21.9 Å². The van der Waals surface area contributed by atoms with E-state index in [2.05, 4.69) is 20.9 Å². The Balaban J connectivity index is 2.05. The third-order valence-corrected chi connectivity index (χ3v) is 4.77. The van der Waals surface area contributed by atoms with Crippen LogP contribution in [0.2, 0.25) is 0 Å². The fraction of sp³-hybridized carbons (Fsp3) is 0.353. The standard InChI is InChI=1S/C17H18BrN3O4/c18-11-1-2-14(20-7-11)12-8-21(9-13(15(12)22)16(23)24)10-17(19)3-5-25-6-4-17/h1-2,7-9H,3-6,10,19H2,(H,23,24). The molecule has 25 heavy (non-hydrogen) atoms. The first-order valence-corrected chi connectivity index (χ1v) is 8.63. The van der Waals surface area contributed by atoms with Crippen molar-refractivity contribution in [3.8, 4) is 11.3 Å². The predicted octanol–water partition coefficient (Wildman–Crippen LogP) is 1.88. The van der Waals surface area contributed by atoms with Crippen LogP contribution in [0.1, 0.15) is 23.2 Å². The Labute approximate surface area is 152 Å². The lowest BCUT2D eigenvalue weighted by molar-refractivity contribution is 0.0469. The van der Waals surface area contributed by atoms with Crippen molar-refractivity contribution in [3.05, 3.63) is 51.0 Å². The fourth-order valence-corrected chi connectivity index (χ4v) is 3.13. The predicted molar refractivity (Wildman–Crippen MR) is 95.6 cm³/mol. The highest BCUT2D eigenvalue weighted by Gasteiger charge is 2.29. The third-order valence-electron chi connectivity index (χ3n) is 4.30. The van der Waals surface area contributed by atoms with E-state index in [1.807, 2.05) is 0 Å². The highest BCUT2D eigenvalue weighted by atomic mass is 79.9. The number of nitrogens with zero attached hydrogens (tertiary/aromatic N) is 2. The Bertz CT molecular complexity index is 842. The van der Waals surface area contributed by atoms with Gasteiger partial charge in [0.2, 0.25) is 5.43 Å². The topological polar surface area (TPSA) is 107 Å². The van der Waals surface area contributed by atoms with Gasteiger partial charge in [-0.05, 0) is 40.9 Å². The molecule has 132 valence electrons. The maximum absolute atomic E-state index is 12.5. The molecule has 1 aliphatic heterocycles. The molecule has 0 amide bonds. The van der Waals surface area contributed by atoms with Gasteiger partial charge in [0.1, 0.15) is 5.56 Å². The van der Waals surface area contributed by atoms with Crippen molar-refractivity contribution in [1.29, 1.82) is 0 Å². The molecule has 2 aromatic rings. The van der Waals surface area contributed by atoms with Crippen LogP contribution in [0.15, 0.2) is 40.0 Å². The lowest BCUT2D eigenvalue weighted by Crippen LogP contribution is -2.48. The van der Waals surface area contributed by atoms with Crippen LogP contribution in [0.5, 0.6) is 0 Å². The van der Waals surface area contributed by atoms with E-state index in [0.717, 1.165) is 4.47 Å². The van der Waals surface area contributed by atoms with Gasteiger partial charge in [0.05, 0.1) is 11.3 Å². The third kappa shape index (κ3) is 3.97. The van der Waals surface area contributed by atoms with Crippen molar-refractivity contribution in [2.75, 3.05) is 13.2 Å². The Morgan fingerprint density at radius 1 is 1.36 bits per heavy atom. The van der Waals surface area contributed by atoms with Crippen LogP contribution in [0.3, 0.4) is 0 Å². The second-order valence-electron chi connectivity index (χ2n) is 6.23. The molecule has 1 saturated heterocycles. The zero-order valence-electron chi connectivity index (χ0n) is 13.4. The van der Waals surface area contributed by atoms with Crippen LogP contribution in [0.25, 0.3) is 11.3 Å². The highest BCUT2D eigenvalue weighted by Crippen LogP contribution is 2.22. The number of halogens is 1. The van der Waals surface area contributed by atoms with E-state index >= 15 is 0 Å². The van der Waals surface area contributed by atoms with E-state index in [4.69, 9.17) is 10.5 Å². The molecule has 1 aliphatic rings. The number of nitrogens with two attached hydrogens (primary N) is 1. The molecular formula is C17H18BrN3O4. The van der Waals surface area contributed by atoms with E-state index in [0.29, 0.717) is 38.3 Å². The summed E-state index contributed by atoms with van der Waals surface area (Å²) in [5.41, 5.74) is 5.73. The molecule has 0 spiro atoms. The SMILES string of the molecule is NC1(Cn2cc(C(=O)O)c(=O)c(-c3ccc(Br)cn3)c2)CCOCC1. The van der Waals surface area contributed by atoms with Crippen molar-refractivity contribution in [2.45, 2.75) is 24.9 Å². The van der Waals surface area contributed by atoms with Gasteiger partial charge in [-0.25, -0.2) is 4.79 Å². The Kier molecular flexibility index (Phi) is 5.03. The molecule has 3 rings (SSSR count). The molecule has 1 fully saturated rings. The number of ether oxygens (including phenoxy) is 1. The second-order valence-corrected chi connectivity index (χ2v) is 7.14. The van der Waals surface area contributed by atoms with Gasteiger partial charge in [-0.1, -0.05) is 0 Å². The molecule has 2 aromatic heterocycles. The molecule has 8 heteroatoms. The second kappa shape index (κ2) is 7.07. The number of pyridine rings is 2. The summed E-state index contributed by atoms with van der Waals surface area (Å²) in [6.07, 6.45) is 5.88. The first-order chi connectivity index (χ1) is 11.9. The van der Waals surface area contributed by atoms with E-state index in [9.17, 15) is 14.7 Å². The molecule has 0 aromatic carbocycles. The number of aromatic nitrogens is 2. The number of rotatable bonds is 4. The Morgan fingerprint density at radius 2 is 2.08 bits per heavy atom. The van der Waals surface area contributed by atoms with Crippen molar-refractivity contribution < 1.29 is 14.6 Å². The average molecular weight is 408 g/mol. The van der Waals surface area contributed by atoms with Crippen LogP contribution in [0, 0.1) is 0 Å². The summed E-state index contributed by atoms with van der Waals surface area (Å²) >= 11 is 3.29. The smallest absolute Gasteiger partial charge is 0.341 e. The maximum Gasteiger partial charge on any atom is 0.341 e. The Morgan fingerprint density at radius 3 is 2.68 bits per heavy atom. The van der Waals surface area contributed by atoms with Crippen molar-refractivity contribution in [1.82, 2.24) is 9.55 Å². The lowest BCUT2D eigenvalue weighted by atomic mass is 9.91. The number of carboxylic acids is 1. The zero-order valence-corrected chi connectivity index (χ0v) is 15.0. The number of carbonyl (C=O) groups is 1. The molecule has 7 nitrogen and oxygen atoms in total. The summed E-state index contributed by atoms with van der Waals surface area (Å²) in [5.74, 6) is -1.27. The van der Waals surface area contributed by atoms with E-state index in [-0.39, 0.29) is 11.1 Å². The van der Waals surface area contributed by atoms with Crippen LogP contribution < -0.4 is 11.2 Å². The minimum atomic E-state index is -1.27. The molecule has 0 aliphatic carbocycles. The van der Waals surface area contributed by atoms with Gasteiger partial charge in [0.15, 0.2) is 0 Å². The van der Waals surface area contributed by atoms with Crippen LogP contribution >= 0.6 is 15.9 Å². The number of hydrogen-bond donors (Lipinski definition) is 2. The molecule has 0 bridgehead atoms. The first kappa shape index (κ1) is 17.8. The minimum absolute atomic E-state index is 0.239. The van der Waals surface area contributed by atoms with Crippen LogP contribution in [-0.4, -0.2) is 39.4 Å². The van der Waals surface area contributed by atoms with Crippen molar-refractivity contribution in [3.63, 3.8) is 0 Å². The summed E-state index contributed by atoms with van der Waals surface area (Å²) in [6, 6.07) is 3.42. The molecule has 0 radical (unpaired) electrons. The summed E-state index contributed by atoms with van der Waals surface area (Å²) in [4.78, 5) is 28.2. The minimum Gasteiger partial charge on any atom is -0.477 e. The van der Waals surface area contributed by atoms with Crippen LogP contribution in [-0.2, 0) is 11.3 Å². The maximum atomic E-state index is 12.5. The van der Waals surface area contributed by atoms with E-state index < -0.39 is 16.9 Å². The van der Waals surface area contributed by atoms with Gasteiger partial charge in [-0.15, -0.1) is 0 Å². The van der Waals surface area contributed by atoms with Gasteiger partial charge in [-0.3, -0.25) is 9.78 Å². The van der Waals surface area contributed by atoms with Gasteiger partial charge in [-0.2, -0.15) is 0 Å². The van der Waals surface area contributed by atoms with Gasteiger partial charge in [0, 0.05) is 48.4 Å². The highest BCUT2D eigenvalue weighted by molar-refractivity contribution is 9.10. The summed E-state index contributed by atoms with van der Waals surface area (Å²) in [5, 5.41) is 9.38. The quantitative estimate of drug-likeness (QED) is 0.800. The molecule has 0 saturated carbocycles. The normalized spacial score (nSPS) is 16.6. The molecule has 3 N–H and O–H groups in total. The van der Waals surface area contributed by atoms with Gasteiger partial charge in [0.25, 0.3) is 0 Å². The number of hydrogen-bond acceptors (Lipinski definition) is 5. The first-order valence-electron chi connectivity index (χ1n) is 7.84. The molecule has 0 atom stereocenters. The summed E-state index contributed by atoms with van der Waals surface area (Å²) in [7, 11) is 0. The van der Waals surface area contributed by atoms with Gasteiger partial charge < -0.3 is 20.1 Å². The lowest BCUT2D eigenvalue weighted by Gasteiger charge is -2.34. The fourth-order valence-electron chi connectivity index (χ4n) is 2.89. The van der Waals surface area contributed by atoms with Gasteiger partial charge >= 0.3 is 5.97 Å². The average Bonchev–Trinajstić information content (AvgIpc) is 2.57. The number of aromatic carboxylic acids is 1. The van der Waals surface area contributed by atoms with Crippen LogP contribution in [0.4, 0.5) is 0 Å². The summed E-state index contributed by atoms with van der Waals surface area (Å²) in [6.45, 7) is 1.55. The molecule has 0 unspecified atom stereocenters. The summed E-state index contributed by atoms with van der Waals surface area (Å²) < 4.78 is 7.79. The number of carboxylic acid groups (broad SMARTS) is 1. The van der Waals surface area contributed by atoms with Crippen molar-refractivity contribution in [2.24, 2.45) is 5.73 Å².